The molecule has 0 saturated heterocycles. The van der Waals surface area contributed by atoms with Crippen LogP contribution in [0.3, 0.4) is 0 Å². The van der Waals surface area contributed by atoms with E-state index in [0.29, 0.717) is 12.5 Å². The number of hydrogen-bond acceptors (Lipinski definition) is 3. The molecule has 0 unspecified atom stereocenters. The van der Waals surface area contributed by atoms with E-state index in [1.165, 1.54) is 5.57 Å². The van der Waals surface area contributed by atoms with Gasteiger partial charge in [0.15, 0.2) is 5.76 Å². The lowest BCUT2D eigenvalue weighted by molar-refractivity contribution is 0.407. The average molecular weight is 180 g/mol. The van der Waals surface area contributed by atoms with E-state index in [0.717, 1.165) is 11.5 Å². The van der Waals surface area contributed by atoms with Crippen LogP contribution in [0.2, 0.25) is 0 Å². The van der Waals surface area contributed by atoms with Crippen molar-refractivity contribution in [3.63, 3.8) is 0 Å². The van der Waals surface area contributed by atoms with E-state index in [1.807, 2.05) is 19.1 Å². The van der Waals surface area contributed by atoms with Crippen LogP contribution in [0, 0.1) is 12.8 Å². The Labute approximate surface area is 78.6 Å². The highest BCUT2D eigenvalue weighted by atomic mass is 16.5. The molecule has 0 amide bonds. The standard InChI is InChI=1S/C10H16N2O/c1-7(2)9(6-11)5-10-4-8(3)12-13-10/h4-5,7H,6,11H2,1-3H3/b9-5-. The van der Waals surface area contributed by atoms with Crippen LogP contribution in [0.15, 0.2) is 16.2 Å². The van der Waals surface area contributed by atoms with Crippen LogP contribution in [0.25, 0.3) is 6.08 Å². The third-order valence-corrected chi connectivity index (χ3v) is 1.95. The molecule has 0 saturated carbocycles. The quantitative estimate of drug-likeness (QED) is 0.773. The summed E-state index contributed by atoms with van der Waals surface area (Å²) in [6.45, 7) is 6.69. The zero-order chi connectivity index (χ0) is 9.84. The van der Waals surface area contributed by atoms with Gasteiger partial charge in [-0.05, 0) is 18.9 Å². The lowest BCUT2D eigenvalue weighted by Gasteiger charge is -2.06. The Morgan fingerprint density at radius 3 is 2.77 bits per heavy atom. The fourth-order valence-corrected chi connectivity index (χ4v) is 1.10. The maximum Gasteiger partial charge on any atom is 0.159 e. The van der Waals surface area contributed by atoms with E-state index in [-0.39, 0.29) is 0 Å². The van der Waals surface area contributed by atoms with Gasteiger partial charge in [-0.3, -0.25) is 0 Å². The lowest BCUT2D eigenvalue weighted by atomic mass is 10.0. The van der Waals surface area contributed by atoms with Gasteiger partial charge in [-0.15, -0.1) is 0 Å². The number of hydrogen-bond donors (Lipinski definition) is 1. The summed E-state index contributed by atoms with van der Waals surface area (Å²) in [6.07, 6.45) is 1.96. The van der Waals surface area contributed by atoms with Crippen LogP contribution >= 0.6 is 0 Å². The van der Waals surface area contributed by atoms with Crippen molar-refractivity contribution in [2.75, 3.05) is 6.54 Å². The third-order valence-electron chi connectivity index (χ3n) is 1.95. The molecule has 0 aliphatic rings. The van der Waals surface area contributed by atoms with Gasteiger partial charge in [-0.25, -0.2) is 0 Å². The first-order chi connectivity index (χ1) is 6.13. The molecular weight excluding hydrogens is 164 g/mol. The Balaban J connectivity index is 2.84. The molecule has 72 valence electrons. The molecule has 1 aromatic rings. The molecule has 13 heavy (non-hydrogen) atoms. The van der Waals surface area contributed by atoms with Crippen molar-refractivity contribution in [2.24, 2.45) is 11.7 Å². The van der Waals surface area contributed by atoms with Gasteiger partial charge >= 0.3 is 0 Å². The molecule has 2 N–H and O–H groups in total. The summed E-state index contributed by atoms with van der Waals surface area (Å²) in [6, 6.07) is 1.90. The molecule has 0 aliphatic heterocycles. The van der Waals surface area contributed by atoms with E-state index >= 15 is 0 Å². The minimum absolute atomic E-state index is 0.454. The van der Waals surface area contributed by atoms with E-state index in [4.69, 9.17) is 10.3 Å². The summed E-state index contributed by atoms with van der Waals surface area (Å²) in [5.41, 5.74) is 7.67. The van der Waals surface area contributed by atoms with Crippen molar-refractivity contribution in [1.29, 1.82) is 0 Å². The van der Waals surface area contributed by atoms with Crippen molar-refractivity contribution < 1.29 is 4.52 Å². The molecule has 0 fully saturated rings. The van der Waals surface area contributed by atoms with Gasteiger partial charge in [0.2, 0.25) is 0 Å². The van der Waals surface area contributed by atoms with Crippen LogP contribution in [0.1, 0.15) is 25.3 Å². The highest BCUT2D eigenvalue weighted by Crippen LogP contribution is 2.13. The predicted molar refractivity (Wildman–Crippen MR) is 53.1 cm³/mol. The van der Waals surface area contributed by atoms with Gasteiger partial charge in [0.05, 0.1) is 5.69 Å². The van der Waals surface area contributed by atoms with Crippen molar-refractivity contribution in [3.8, 4) is 0 Å². The van der Waals surface area contributed by atoms with Gasteiger partial charge in [0.25, 0.3) is 0 Å². The third kappa shape index (κ3) is 2.70. The second kappa shape index (κ2) is 4.23. The predicted octanol–water partition coefficient (Wildman–Crippen LogP) is 1.98. The molecule has 0 spiro atoms. The molecule has 0 bridgehead atoms. The van der Waals surface area contributed by atoms with Gasteiger partial charge in [-0.1, -0.05) is 24.6 Å². The summed E-state index contributed by atoms with van der Waals surface area (Å²) in [5.74, 6) is 1.24. The Morgan fingerprint density at radius 1 is 1.69 bits per heavy atom. The molecule has 0 aliphatic carbocycles. The summed E-state index contributed by atoms with van der Waals surface area (Å²) in [7, 11) is 0. The number of rotatable bonds is 3. The number of aryl methyl sites for hydroxylation is 1. The van der Waals surface area contributed by atoms with Crippen molar-refractivity contribution >= 4 is 6.08 Å². The van der Waals surface area contributed by atoms with Gasteiger partial charge in [0.1, 0.15) is 0 Å². The molecule has 1 heterocycles. The van der Waals surface area contributed by atoms with Crippen LogP contribution in [-0.2, 0) is 0 Å². The van der Waals surface area contributed by atoms with Crippen LogP contribution in [-0.4, -0.2) is 11.7 Å². The Kier molecular flexibility index (Phi) is 3.25. The second-order valence-corrected chi connectivity index (χ2v) is 3.45. The van der Waals surface area contributed by atoms with Crippen LogP contribution in [0.4, 0.5) is 0 Å². The first-order valence-corrected chi connectivity index (χ1v) is 4.47. The maximum atomic E-state index is 5.60. The summed E-state index contributed by atoms with van der Waals surface area (Å²) in [5, 5.41) is 3.80. The Hall–Kier alpha value is -1.09. The lowest BCUT2D eigenvalue weighted by Crippen LogP contribution is -2.07. The highest BCUT2D eigenvalue weighted by molar-refractivity contribution is 5.48. The van der Waals surface area contributed by atoms with Gasteiger partial charge in [-0.2, -0.15) is 0 Å². The van der Waals surface area contributed by atoms with Crippen molar-refractivity contribution in [1.82, 2.24) is 5.16 Å². The number of aromatic nitrogens is 1. The summed E-state index contributed by atoms with van der Waals surface area (Å²) in [4.78, 5) is 0. The first-order valence-electron chi connectivity index (χ1n) is 4.47. The molecule has 1 rings (SSSR count). The molecule has 0 atom stereocenters. The minimum atomic E-state index is 0.454. The molecule has 1 aromatic heterocycles. The van der Waals surface area contributed by atoms with E-state index in [9.17, 15) is 0 Å². The fourth-order valence-electron chi connectivity index (χ4n) is 1.10. The van der Waals surface area contributed by atoms with Crippen molar-refractivity contribution in [2.45, 2.75) is 20.8 Å². The number of nitrogens with zero attached hydrogens (tertiary/aromatic N) is 1. The zero-order valence-corrected chi connectivity index (χ0v) is 8.37. The van der Waals surface area contributed by atoms with Gasteiger partial charge in [0, 0.05) is 12.6 Å². The topological polar surface area (TPSA) is 52.0 Å². The first kappa shape index (κ1) is 9.99. The SMILES string of the molecule is Cc1cc(/C=C(/CN)C(C)C)on1. The molecule has 0 aromatic carbocycles. The Morgan fingerprint density at radius 2 is 2.38 bits per heavy atom. The maximum absolute atomic E-state index is 5.60. The smallest absolute Gasteiger partial charge is 0.159 e. The van der Waals surface area contributed by atoms with Crippen molar-refractivity contribution in [3.05, 3.63) is 23.1 Å². The summed E-state index contributed by atoms with van der Waals surface area (Å²) >= 11 is 0. The monoisotopic (exact) mass is 180 g/mol. The highest BCUT2D eigenvalue weighted by Gasteiger charge is 2.03. The largest absolute Gasteiger partial charge is 0.357 e. The minimum Gasteiger partial charge on any atom is -0.357 e. The van der Waals surface area contributed by atoms with E-state index in [2.05, 4.69) is 19.0 Å². The molecule has 0 radical (unpaired) electrons. The number of nitrogens with two attached hydrogens (primary N) is 1. The Bertz CT molecular complexity index is 300. The molecular formula is C10H16N2O. The summed E-state index contributed by atoms with van der Waals surface area (Å²) < 4.78 is 5.06. The normalized spacial score (nSPS) is 12.5. The average Bonchev–Trinajstić information content (AvgIpc) is 2.46. The van der Waals surface area contributed by atoms with Gasteiger partial charge < -0.3 is 10.3 Å². The zero-order valence-electron chi connectivity index (χ0n) is 8.37. The van der Waals surface area contributed by atoms with E-state index < -0.39 is 0 Å². The molecule has 3 nitrogen and oxygen atoms in total. The second-order valence-electron chi connectivity index (χ2n) is 3.45. The van der Waals surface area contributed by atoms with E-state index in [1.54, 1.807) is 0 Å². The van der Waals surface area contributed by atoms with Crippen LogP contribution < -0.4 is 5.73 Å². The molecule has 3 heteroatoms. The van der Waals surface area contributed by atoms with Crippen LogP contribution in [0.5, 0.6) is 0 Å². The fraction of sp³-hybridized carbons (Fsp3) is 0.500.